The van der Waals surface area contributed by atoms with Crippen LogP contribution in [-0.2, 0) is 16.1 Å². The van der Waals surface area contributed by atoms with Crippen molar-refractivity contribution >= 4 is 29.1 Å². The van der Waals surface area contributed by atoms with E-state index in [2.05, 4.69) is 5.32 Å². The van der Waals surface area contributed by atoms with Crippen LogP contribution in [0.25, 0.3) is 0 Å². The number of fused-ring (bicyclic) bond motifs is 2. The number of ether oxygens (including phenoxy) is 3. The van der Waals surface area contributed by atoms with Crippen LogP contribution >= 0.6 is 0 Å². The Hall–Kier alpha value is -4.66. The highest BCUT2D eigenvalue weighted by atomic mass is 16.5. The van der Waals surface area contributed by atoms with E-state index in [0.717, 1.165) is 5.56 Å². The third-order valence-electron chi connectivity index (χ3n) is 5.92. The van der Waals surface area contributed by atoms with Gasteiger partial charge in [-0.2, -0.15) is 0 Å². The molecule has 1 aliphatic carbocycles. The average Bonchev–Trinajstić information content (AvgIpc) is 2.89. The minimum absolute atomic E-state index is 0.0429. The molecule has 9 nitrogen and oxygen atoms in total. The van der Waals surface area contributed by atoms with Crippen molar-refractivity contribution in [1.82, 2.24) is 5.32 Å². The molecule has 1 unspecified atom stereocenters. The second-order valence-electron chi connectivity index (χ2n) is 8.11. The highest BCUT2D eigenvalue weighted by Crippen LogP contribution is 2.33. The third kappa shape index (κ3) is 4.38. The Labute approximate surface area is 207 Å². The van der Waals surface area contributed by atoms with Crippen molar-refractivity contribution in [2.75, 3.05) is 20.0 Å². The number of anilines is 1. The van der Waals surface area contributed by atoms with Gasteiger partial charge in [0.05, 0.1) is 31.0 Å². The predicted octanol–water partition coefficient (Wildman–Crippen LogP) is 2.92. The number of methoxy groups -OCH3 is 2. The van der Waals surface area contributed by atoms with Crippen LogP contribution in [0.4, 0.5) is 5.69 Å². The predicted molar refractivity (Wildman–Crippen MR) is 130 cm³/mol. The summed E-state index contributed by atoms with van der Waals surface area (Å²) in [5.74, 6) is -1.15. The second kappa shape index (κ2) is 9.91. The molecule has 0 spiro atoms. The van der Waals surface area contributed by atoms with Gasteiger partial charge in [-0.25, -0.2) is 4.79 Å². The number of ketones is 2. The van der Waals surface area contributed by atoms with Gasteiger partial charge in [0.1, 0.15) is 0 Å². The monoisotopic (exact) mass is 488 g/mol. The summed E-state index contributed by atoms with van der Waals surface area (Å²) in [7, 11) is 3.04. The first-order valence-corrected chi connectivity index (χ1v) is 11.1. The highest BCUT2D eigenvalue weighted by Gasteiger charge is 2.33. The summed E-state index contributed by atoms with van der Waals surface area (Å²) in [4.78, 5) is 51.2. The van der Waals surface area contributed by atoms with Crippen molar-refractivity contribution < 1.29 is 33.4 Å². The molecule has 0 heterocycles. The SMILES string of the molecule is COc1ccc(CNC(=O)C(C)OC(=O)c2ccc3c(c2N)C(=O)c2ccccc2C3=O)cc1OC. The number of carbonyl (C=O) groups is 4. The molecule has 1 amide bonds. The van der Waals surface area contributed by atoms with E-state index in [1.807, 2.05) is 0 Å². The van der Waals surface area contributed by atoms with Crippen molar-refractivity contribution in [3.63, 3.8) is 0 Å². The lowest BCUT2D eigenvalue weighted by atomic mass is 9.82. The lowest BCUT2D eigenvalue weighted by Gasteiger charge is -2.20. The second-order valence-corrected chi connectivity index (χ2v) is 8.11. The number of hydrogen-bond acceptors (Lipinski definition) is 8. The zero-order chi connectivity index (χ0) is 26.0. The van der Waals surface area contributed by atoms with Gasteiger partial charge in [0.2, 0.25) is 0 Å². The van der Waals surface area contributed by atoms with E-state index in [4.69, 9.17) is 19.9 Å². The fraction of sp³-hybridized carbons (Fsp3) is 0.185. The van der Waals surface area contributed by atoms with E-state index in [9.17, 15) is 19.2 Å². The quantitative estimate of drug-likeness (QED) is 0.300. The molecule has 0 bridgehead atoms. The number of nitrogens with two attached hydrogens (primary N) is 1. The molecule has 3 aromatic rings. The van der Waals surface area contributed by atoms with Crippen LogP contribution in [0.15, 0.2) is 54.6 Å². The van der Waals surface area contributed by atoms with Crippen LogP contribution in [-0.4, -0.2) is 43.8 Å². The maximum Gasteiger partial charge on any atom is 0.341 e. The van der Waals surface area contributed by atoms with Gasteiger partial charge < -0.3 is 25.3 Å². The highest BCUT2D eigenvalue weighted by molar-refractivity contribution is 6.30. The Balaban J connectivity index is 1.46. The largest absolute Gasteiger partial charge is 0.493 e. The summed E-state index contributed by atoms with van der Waals surface area (Å²) in [5, 5.41) is 2.69. The van der Waals surface area contributed by atoms with E-state index in [1.165, 1.54) is 39.3 Å². The fourth-order valence-corrected chi connectivity index (χ4v) is 3.99. The molecule has 0 fully saturated rings. The summed E-state index contributed by atoms with van der Waals surface area (Å²) in [6.45, 7) is 1.58. The Morgan fingerprint density at radius 3 is 2.22 bits per heavy atom. The smallest absolute Gasteiger partial charge is 0.341 e. The van der Waals surface area contributed by atoms with Gasteiger partial charge in [-0.05, 0) is 36.8 Å². The lowest BCUT2D eigenvalue weighted by molar-refractivity contribution is -0.129. The number of hydrogen-bond donors (Lipinski definition) is 2. The van der Waals surface area contributed by atoms with Crippen molar-refractivity contribution in [3.05, 3.63) is 88.0 Å². The number of benzene rings is 3. The molecule has 1 aliphatic rings. The maximum absolute atomic E-state index is 13.0. The van der Waals surface area contributed by atoms with Crippen LogP contribution in [0.2, 0.25) is 0 Å². The standard InChI is InChI=1S/C27H24N2O7/c1-14(26(32)29-13-15-8-11-20(34-2)21(12-15)35-3)36-27(33)19-10-9-18-22(23(19)28)25(31)17-7-5-4-6-16(17)24(18)30/h4-12,14H,13,28H2,1-3H3,(H,29,32). The zero-order valence-corrected chi connectivity index (χ0v) is 19.9. The molecule has 9 heteroatoms. The molecule has 0 saturated heterocycles. The summed E-state index contributed by atoms with van der Waals surface area (Å²) in [5.41, 5.74) is 7.22. The molecule has 3 aromatic carbocycles. The van der Waals surface area contributed by atoms with Crippen LogP contribution in [0.5, 0.6) is 11.5 Å². The minimum atomic E-state index is -1.15. The topological polar surface area (TPSA) is 134 Å². The van der Waals surface area contributed by atoms with Crippen molar-refractivity contribution in [3.8, 4) is 11.5 Å². The van der Waals surface area contributed by atoms with Gasteiger partial charge in [-0.1, -0.05) is 30.3 Å². The normalized spacial score (nSPS) is 12.8. The van der Waals surface area contributed by atoms with E-state index in [1.54, 1.807) is 36.4 Å². The first-order valence-electron chi connectivity index (χ1n) is 11.1. The first kappa shape index (κ1) is 24.5. The number of rotatable bonds is 7. The zero-order valence-electron chi connectivity index (χ0n) is 19.9. The van der Waals surface area contributed by atoms with Crippen LogP contribution in [0, 0.1) is 0 Å². The summed E-state index contributed by atoms with van der Waals surface area (Å²) < 4.78 is 15.7. The molecule has 3 N–H and O–H groups in total. The number of carbonyl (C=O) groups excluding carboxylic acids is 4. The molecule has 184 valence electrons. The Morgan fingerprint density at radius 1 is 0.889 bits per heavy atom. The van der Waals surface area contributed by atoms with Crippen LogP contribution < -0.4 is 20.5 Å². The molecule has 0 saturated carbocycles. The number of amides is 1. The number of esters is 1. The molecule has 4 rings (SSSR count). The molecule has 1 atom stereocenters. The first-order chi connectivity index (χ1) is 17.3. The van der Waals surface area contributed by atoms with Gasteiger partial charge in [0.25, 0.3) is 5.91 Å². The molecule has 0 radical (unpaired) electrons. The summed E-state index contributed by atoms with van der Waals surface area (Å²) >= 11 is 0. The van der Waals surface area contributed by atoms with Crippen molar-refractivity contribution in [2.24, 2.45) is 0 Å². The van der Waals surface area contributed by atoms with Gasteiger partial charge in [-0.15, -0.1) is 0 Å². The van der Waals surface area contributed by atoms with E-state index in [-0.39, 0.29) is 45.8 Å². The van der Waals surface area contributed by atoms with Crippen LogP contribution in [0.1, 0.15) is 54.7 Å². The lowest BCUT2D eigenvalue weighted by Crippen LogP contribution is -2.35. The van der Waals surface area contributed by atoms with Gasteiger partial charge in [-0.3, -0.25) is 14.4 Å². The molecular weight excluding hydrogens is 464 g/mol. The Bertz CT molecular complexity index is 1400. The molecule has 36 heavy (non-hydrogen) atoms. The van der Waals surface area contributed by atoms with E-state index >= 15 is 0 Å². The van der Waals surface area contributed by atoms with Crippen molar-refractivity contribution in [2.45, 2.75) is 19.6 Å². The maximum atomic E-state index is 13.0. The van der Waals surface area contributed by atoms with Gasteiger partial charge in [0.15, 0.2) is 29.2 Å². The van der Waals surface area contributed by atoms with Crippen LogP contribution in [0.3, 0.4) is 0 Å². The Kier molecular flexibility index (Phi) is 6.73. The van der Waals surface area contributed by atoms with Gasteiger partial charge >= 0.3 is 5.97 Å². The van der Waals surface area contributed by atoms with E-state index in [0.29, 0.717) is 11.5 Å². The average molecular weight is 488 g/mol. The number of nitrogen functional groups attached to an aromatic ring is 1. The summed E-state index contributed by atoms with van der Waals surface area (Å²) in [6.07, 6.45) is -1.15. The third-order valence-corrected chi connectivity index (χ3v) is 5.92. The van der Waals surface area contributed by atoms with Gasteiger partial charge in [0, 0.05) is 23.2 Å². The molecule has 0 aromatic heterocycles. The van der Waals surface area contributed by atoms with Crippen molar-refractivity contribution in [1.29, 1.82) is 0 Å². The number of nitrogens with one attached hydrogen (secondary N) is 1. The Morgan fingerprint density at radius 2 is 1.56 bits per heavy atom. The summed E-state index contributed by atoms with van der Waals surface area (Å²) in [6, 6.07) is 14.3. The molecule has 0 aliphatic heterocycles. The molecular formula is C27H24N2O7. The minimum Gasteiger partial charge on any atom is -0.493 e. The fourth-order valence-electron chi connectivity index (χ4n) is 3.99. The van der Waals surface area contributed by atoms with E-state index < -0.39 is 23.8 Å².